The first kappa shape index (κ1) is 13.9. The van der Waals surface area contributed by atoms with Crippen molar-refractivity contribution in [1.82, 2.24) is 9.97 Å². The topological polar surface area (TPSA) is 61.3 Å². The predicted octanol–water partition coefficient (Wildman–Crippen LogP) is 1.50. The second-order valence-corrected chi connectivity index (χ2v) is 4.85. The smallest absolute Gasteiger partial charge is 0.388 e. The van der Waals surface area contributed by atoms with Gasteiger partial charge < -0.3 is 15.3 Å². The monoisotopic (exact) mass is 276 g/mol. The van der Waals surface area contributed by atoms with Gasteiger partial charge >= 0.3 is 6.18 Å². The third-order valence-electron chi connectivity index (χ3n) is 3.00. The highest BCUT2D eigenvalue weighted by Gasteiger charge is 2.36. The Labute approximate surface area is 108 Å². The van der Waals surface area contributed by atoms with E-state index in [1.54, 1.807) is 11.8 Å². The quantitative estimate of drug-likeness (QED) is 0.857. The van der Waals surface area contributed by atoms with Crippen LogP contribution in [0.4, 0.5) is 24.9 Å². The van der Waals surface area contributed by atoms with Crippen molar-refractivity contribution >= 4 is 11.8 Å². The summed E-state index contributed by atoms with van der Waals surface area (Å²) in [7, 11) is 1.46. The zero-order valence-electron chi connectivity index (χ0n) is 10.6. The molecule has 1 atom stereocenters. The Morgan fingerprint density at radius 1 is 1.42 bits per heavy atom. The van der Waals surface area contributed by atoms with Gasteiger partial charge in [0.1, 0.15) is 5.82 Å². The average Bonchev–Trinajstić information content (AvgIpc) is 2.68. The Morgan fingerprint density at radius 3 is 2.58 bits per heavy atom. The maximum atomic E-state index is 12.7. The Bertz CT molecular complexity index is 475. The molecule has 0 bridgehead atoms. The number of nitrogens with zero attached hydrogens (tertiary/aromatic N) is 3. The molecule has 106 valence electrons. The zero-order chi connectivity index (χ0) is 14.3. The van der Waals surface area contributed by atoms with E-state index in [0.717, 1.165) is 6.07 Å². The van der Waals surface area contributed by atoms with E-state index in [-0.39, 0.29) is 18.3 Å². The van der Waals surface area contributed by atoms with Crippen LogP contribution in [0.1, 0.15) is 19.0 Å². The van der Waals surface area contributed by atoms with Crippen LogP contribution in [-0.4, -0.2) is 40.8 Å². The third kappa shape index (κ3) is 3.06. The number of hydrogen-bond donors (Lipinski definition) is 2. The van der Waals surface area contributed by atoms with Gasteiger partial charge in [0.25, 0.3) is 0 Å². The fourth-order valence-corrected chi connectivity index (χ4v) is 1.99. The first-order valence-corrected chi connectivity index (χ1v) is 5.83. The second kappa shape index (κ2) is 4.52. The Hall–Kier alpha value is -1.57. The summed E-state index contributed by atoms with van der Waals surface area (Å²) in [5, 5.41) is 12.4. The molecule has 5 nitrogen and oxygen atoms in total. The summed E-state index contributed by atoms with van der Waals surface area (Å²) in [5.41, 5.74) is -1.89. The minimum Gasteiger partial charge on any atom is -0.388 e. The fourth-order valence-electron chi connectivity index (χ4n) is 1.99. The van der Waals surface area contributed by atoms with Gasteiger partial charge in [-0.3, -0.25) is 0 Å². The number of rotatable bonds is 2. The van der Waals surface area contributed by atoms with E-state index < -0.39 is 17.5 Å². The van der Waals surface area contributed by atoms with E-state index in [1.165, 1.54) is 7.05 Å². The van der Waals surface area contributed by atoms with E-state index in [0.29, 0.717) is 13.0 Å². The Morgan fingerprint density at radius 2 is 2.11 bits per heavy atom. The lowest BCUT2D eigenvalue weighted by Crippen LogP contribution is -2.30. The lowest BCUT2D eigenvalue weighted by atomic mass is 10.1. The first-order chi connectivity index (χ1) is 8.71. The molecule has 19 heavy (non-hydrogen) atoms. The molecule has 1 unspecified atom stereocenters. The SMILES string of the molecule is CNc1nc(N2CCC(C)(O)C2)cc(C(F)(F)F)n1. The fraction of sp³-hybridized carbons (Fsp3) is 0.636. The minimum atomic E-state index is -4.52. The van der Waals surface area contributed by atoms with E-state index >= 15 is 0 Å². The number of hydrogen-bond acceptors (Lipinski definition) is 5. The van der Waals surface area contributed by atoms with Gasteiger partial charge in [-0.2, -0.15) is 18.2 Å². The van der Waals surface area contributed by atoms with Gasteiger partial charge in [-0.25, -0.2) is 4.98 Å². The Kier molecular flexibility index (Phi) is 3.29. The molecule has 1 saturated heterocycles. The highest BCUT2D eigenvalue weighted by atomic mass is 19.4. The summed E-state index contributed by atoms with van der Waals surface area (Å²) < 4.78 is 38.2. The molecule has 1 aliphatic heterocycles. The van der Waals surface area contributed by atoms with E-state index in [1.807, 2.05) is 0 Å². The maximum absolute atomic E-state index is 12.7. The van der Waals surface area contributed by atoms with Crippen molar-refractivity contribution in [3.63, 3.8) is 0 Å². The molecular formula is C11H15F3N4O. The number of aliphatic hydroxyl groups is 1. The van der Waals surface area contributed by atoms with Gasteiger partial charge in [-0.15, -0.1) is 0 Å². The summed E-state index contributed by atoms with van der Waals surface area (Å²) >= 11 is 0. The van der Waals surface area contributed by atoms with Gasteiger partial charge in [0.15, 0.2) is 5.69 Å². The molecule has 0 spiro atoms. The zero-order valence-corrected chi connectivity index (χ0v) is 10.6. The molecule has 1 aliphatic rings. The summed E-state index contributed by atoms with van der Waals surface area (Å²) in [6.45, 7) is 2.37. The van der Waals surface area contributed by atoms with Crippen molar-refractivity contribution in [2.45, 2.75) is 25.1 Å². The number of anilines is 2. The van der Waals surface area contributed by atoms with Crippen LogP contribution >= 0.6 is 0 Å². The molecule has 8 heteroatoms. The summed E-state index contributed by atoms with van der Waals surface area (Å²) in [5.74, 6) is 0.0841. The van der Waals surface area contributed by atoms with E-state index in [2.05, 4.69) is 15.3 Å². The number of halogens is 3. The van der Waals surface area contributed by atoms with Gasteiger partial charge in [0.05, 0.1) is 5.60 Å². The molecular weight excluding hydrogens is 261 g/mol. The van der Waals surface area contributed by atoms with Gasteiger partial charge in [-0.1, -0.05) is 0 Å². The van der Waals surface area contributed by atoms with Crippen LogP contribution < -0.4 is 10.2 Å². The molecule has 1 fully saturated rings. The molecule has 2 heterocycles. The van der Waals surface area contributed by atoms with Crippen LogP contribution in [0.2, 0.25) is 0 Å². The second-order valence-electron chi connectivity index (χ2n) is 4.85. The van der Waals surface area contributed by atoms with Crippen molar-refractivity contribution in [1.29, 1.82) is 0 Å². The molecule has 0 amide bonds. The van der Waals surface area contributed by atoms with Crippen LogP contribution in [0.5, 0.6) is 0 Å². The first-order valence-electron chi connectivity index (χ1n) is 5.83. The highest BCUT2D eigenvalue weighted by molar-refractivity contribution is 5.46. The number of aromatic nitrogens is 2. The van der Waals surface area contributed by atoms with E-state index in [9.17, 15) is 18.3 Å². The molecule has 0 aliphatic carbocycles. The lowest BCUT2D eigenvalue weighted by Gasteiger charge is -2.21. The highest BCUT2D eigenvalue weighted by Crippen LogP contribution is 2.32. The normalized spacial score (nSPS) is 23.8. The van der Waals surface area contributed by atoms with Gasteiger partial charge in [0, 0.05) is 26.2 Å². The molecule has 1 aromatic heterocycles. The number of β-amino-alcohol motifs (C(OH)–C–C–N with tert-alkyl or cyclic N) is 1. The molecule has 2 N–H and O–H groups in total. The van der Waals surface area contributed by atoms with Crippen molar-refractivity contribution in [3.8, 4) is 0 Å². The van der Waals surface area contributed by atoms with Crippen LogP contribution in [0.3, 0.4) is 0 Å². The number of alkyl halides is 3. The van der Waals surface area contributed by atoms with Gasteiger partial charge in [-0.05, 0) is 13.3 Å². The predicted molar refractivity (Wildman–Crippen MR) is 64.0 cm³/mol. The number of nitrogens with one attached hydrogen (secondary N) is 1. The standard InChI is InChI=1S/C11H15F3N4O/c1-10(19)3-4-18(6-10)8-5-7(11(12,13)14)16-9(15-2)17-8/h5,19H,3-4,6H2,1-2H3,(H,15,16,17). The summed E-state index contributed by atoms with van der Waals surface area (Å²) in [4.78, 5) is 9.02. The molecule has 0 saturated carbocycles. The largest absolute Gasteiger partial charge is 0.433 e. The third-order valence-corrected chi connectivity index (χ3v) is 3.00. The van der Waals surface area contributed by atoms with Crippen LogP contribution in [0, 0.1) is 0 Å². The maximum Gasteiger partial charge on any atom is 0.433 e. The van der Waals surface area contributed by atoms with Gasteiger partial charge in [0.2, 0.25) is 5.95 Å². The van der Waals surface area contributed by atoms with Crippen LogP contribution in [0.15, 0.2) is 6.07 Å². The lowest BCUT2D eigenvalue weighted by molar-refractivity contribution is -0.141. The van der Waals surface area contributed by atoms with Crippen LogP contribution in [-0.2, 0) is 6.18 Å². The molecule has 0 aromatic carbocycles. The van der Waals surface area contributed by atoms with Crippen molar-refractivity contribution in [2.75, 3.05) is 30.4 Å². The average molecular weight is 276 g/mol. The minimum absolute atomic E-state index is 0.0867. The van der Waals surface area contributed by atoms with Crippen molar-refractivity contribution in [3.05, 3.63) is 11.8 Å². The van der Waals surface area contributed by atoms with Crippen LogP contribution in [0.25, 0.3) is 0 Å². The molecule has 2 rings (SSSR count). The summed E-state index contributed by atoms with van der Waals surface area (Å²) in [6.07, 6.45) is -4.03. The Balaban J connectivity index is 2.35. The van der Waals surface area contributed by atoms with E-state index in [4.69, 9.17) is 0 Å². The molecule has 1 aromatic rings. The molecule has 0 radical (unpaired) electrons. The van der Waals surface area contributed by atoms with Crippen molar-refractivity contribution < 1.29 is 18.3 Å². The summed E-state index contributed by atoms with van der Waals surface area (Å²) in [6, 6.07) is 0.905. The van der Waals surface area contributed by atoms with Crippen molar-refractivity contribution in [2.24, 2.45) is 0 Å².